The van der Waals surface area contributed by atoms with E-state index in [4.69, 9.17) is 15.6 Å². The minimum atomic E-state index is -5.64. The van der Waals surface area contributed by atoms with E-state index < -0.39 is 71.7 Å². The number of phosphoric acid groups is 2. The number of aliphatic hydroxyl groups is 5. The first-order valence-electron chi connectivity index (χ1n) is 9.84. The number of imidazole rings is 1. The Hall–Kier alpha value is -0.960. The monoisotopic (exact) mass is 581 g/mol. The summed E-state index contributed by atoms with van der Waals surface area (Å²) in [5.74, 6) is 0.0382. The van der Waals surface area contributed by atoms with Gasteiger partial charge in [0.15, 0.2) is 24.0 Å². The Morgan fingerprint density at radius 1 is 1.19 bits per heavy atom. The predicted molar refractivity (Wildman–Crippen MR) is 110 cm³/mol. The summed E-state index contributed by atoms with van der Waals surface area (Å²) in [6.45, 7) is -2.20. The maximum Gasteiger partial charge on any atom is 1.00 e. The quantitative estimate of drug-likeness (QED) is 0.0695. The number of nitrogen functional groups attached to an aromatic ring is 1. The van der Waals surface area contributed by atoms with Crippen LogP contribution in [0.4, 0.5) is 5.82 Å². The second-order valence-electron chi connectivity index (χ2n) is 7.40. The van der Waals surface area contributed by atoms with Gasteiger partial charge in [-0.15, -0.1) is 0 Å². The Labute approximate surface area is 229 Å². The Morgan fingerprint density at radius 3 is 2.51 bits per heavy atom. The first kappa shape index (κ1) is 32.3. The molecule has 0 aliphatic carbocycles. The largest absolute Gasteiger partial charge is 1.00 e. The van der Waals surface area contributed by atoms with E-state index in [0.717, 1.165) is 6.33 Å². The first-order chi connectivity index (χ1) is 16.8. The number of rotatable bonds is 12. The zero-order valence-corrected chi connectivity index (χ0v) is 22.7. The van der Waals surface area contributed by atoms with E-state index in [1.165, 1.54) is 10.9 Å². The number of hydrogen-bond donors (Lipinski definition) is 7. The van der Waals surface area contributed by atoms with E-state index in [1.807, 2.05) is 0 Å². The summed E-state index contributed by atoms with van der Waals surface area (Å²) in [5.41, 5.74) is 6.02. The van der Waals surface area contributed by atoms with Crippen molar-refractivity contribution in [2.24, 2.45) is 0 Å². The van der Waals surface area contributed by atoms with Crippen LogP contribution in [0.3, 0.4) is 0 Å². The fraction of sp³-hybridized carbons (Fsp3) is 0.600. The number of hydrogen-bond acceptors (Lipinski definition) is 17. The summed E-state index contributed by atoms with van der Waals surface area (Å²) >= 11 is 0. The standard InChI is InChI=1S/C15H23N5O14P2.Na/c16-13-9-14(18-4-17-13)20(5-19-9)15-12(26)11(25)8(33-15)3-32-36(29,30)34-35(27,28)31-2-7(23)10(24)6(22)1-21;/h1,4-8,10-12,15,22-26H,2-3H2,(H,27,28)(H,29,30)(H2,16,17,18);/q;+1/p-1/t6-,7+,8-,10-,11-,12-,15-;/m1./s1. The SMILES string of the molecule is Nc1ncnc2c1ncn2[C@@H]1O[C@H](COP(=O)(O)OP(=O)([O-])OC[C@H](O)[C@H](O)[C@H](O)C=O)[C@@H](O)[C@H]1O.[Na+]. The Kier molecular flexibility index (Phi) is 11.3. The molecule has 1 saturated heterocycles. The zero-order chi connectivity index (χ0) is 26.8. The molecule has 1 aliphatic rings. The second-order valence-corrected chi connectivity index (χ2v) is 10.4. The molecule has 0 bridgehead atoms. The first-order valence-corrected chi connectivity index (χ1v) is 12.8. The Bertz CT molecular complexity index is 1170. The molecule has 202 valence electrons. The van der Waals surface area contributed by atoms with Crippen LogP contribution in [-0.4, -0.2) is 106 Å². The summed E-state index contributed by atoms with van der Waals surface area (Å²) in [4.78, 5) is 43.6. The molecule has 19 nitrogen and oxygen atoms in total. The van der Waals surface area contributed by atoms with Gasteiger partial charge in [-0.05, 0) is 0 Å². The van der Waals surface area contributed by atoms with Crippen LogP contribution < -0.4 is 40.2 Å². The number of carbonyl (C=O) groups is 1. The molecule has 1 fully saturated rings. The molecule has 9 atom stereocenters. The average molecular weight is 581 g/mol. The van der Waals surface area contributed by atoms with Crippen molar-refractivity contribution in [3.8, 4) is 0 Å². The minimum Gasteiger partial charge on any atom is -0.756 e. The van der Waals surface area contributed by atoms with Gasteiger partial charge in [-0.2, -0.15) is 0 Å². The minimum absolute atomic E-state index is 0. The number of fused-ring (bicyclic) bond motifs is 1. The normalized spacial score (nSPS) is 27.5. The van der Waals surface area contributed by atoms with Crippen molar-refractivity contribution in [1.29, 1.82) is 0 Å². The van der Waals surface area contributed by atoms with Crippen LogP contribution in [0.2, 0.25) is 0 Å². The average Bonchev–Trinajstić information content (AvgIpc) is 3.36. The van der Waals surface area contributed by atoms with E-state index >= 15 is 0 Å². The maximum absolute atomic E-state index is 12.0. The molecule has 2 aromatic heterocycles. The van der Waals surface area contributed by atoms with Crippen molar-refractivity contribution in [3.63, 3.8) is 0 Å². The number of nitrogens with two attached hydrogens (primary N) is 1. The molecule has 1 aliphatic heterocycles. The molecule has 3 rings (SSSR count). The van der Waals surface area contributed by atoms with Gasteiger partial charge in [0.2, 0.25) is 0 Å². The molecule has 0 aromatic carbocycles. The number of anilines is 1. The summed E-state index contributed by atoms with van der Waals surface area (Å²) < 4.78 is 43.1. The van der Waals surface area contributed by atoms with E-state index in [1.54, 1.807) is 0 Å². The molecule has 0 radical (unpaired) electrons. The van der Waals surface area contributed by atoms with E-state index in [-0.39, 0.29) is 52.8 Å². The van der Waals surface area contributed by atoms with Gasteiger partial charge in [-0.1, -0.05) is 0 Å². The van der Waals surface area contributed by atoms with E-state index in [0.29, 0.717) is 0 Å². The maximum atomic E-state index is 12.0. The molecule has 2 unspecified atom stereocenters. The number of aldehydes is 1. The molecule has 0 saturated carbocycles. The predicted octanol–water partition coefficient (Wildman–Crippen LogP) is -7.07. The van der Waals surface area contributed by atoms with Gasteiger partial charge in [0.1, 0.15) is 48.5 Å². The van der Waals surface area contributed by atoms with Crippen LogP contribution >= 0.6 is 15.6 Å². The number of aliphatic hydroxyl groups excluding tert-OH is 5. The fourth-order valence-corrected chi connectivity index (χ4v) is 5.13. The summed E-state index contributed by atoms with van der Waals surface area (Å²) in [5, 5.41) is 48.6. The van der Waals surface area contributed by atoms with Gasteiger partial charge in [0.25, 0.3) is 7.82 Å². The van der Waals surface area contributed by atoms with Gasteiger partial charge in [0.05, 0.1) is 19.5 Å². The third-order valence-electron chi connectivity index (χ3n) is 4.89. The number of phosphoric ester groups is 2. The van der Waals surface area contributed by atoms with Crippen LogP contribution in [0.25, 0.3) is 11.2 Å². The van der Waals surface area contributed by atoms with Crippen LogP contribution in [0.1, 0.15) is 6.23 Å². The van der Waals surface area contributed by atoms with Crippen LogP contribution in [-0.2, 0) is 32.0 Å². The number of ether oxygens (including phenoxy) is 1. The summed E-state index contributed by atoms with van der Waals surface area (Å²) in [6, 6.07) is 0. The third-order valence-corrected chi connectivity index (χ3v) is 7.46. The second kappa shape index (κ2) is 12.9. The van der Waals surface area contributed by atoms with Crippen molar-refractivity contribution in [1.82, 2.24) is 19.5 Å². The molecule has 3 heterocycles. The summed E-state index contributed by atoms with van der Waals surface area (Å²) in [6.07, 6.45) is -10.1. The summed E-state index contributed by atoms with van der Waals surface area (Å²) in [7, 11) is -11.1. The molecule has 8 N–H and O–H groups in total. The van der Waals surface area contributed by atoms with E-state index in [9.17, 15) is 44.1 Å². The van der Waals surface area contributed by atoms with Gasteiger partial charge in [-0.25, -0.2) is 23.8 Å². The van der Waals surface area contributed by atoms with Crippen molar-refractivity contribution >= 4 is 38.9 Å². The molecule has 22 heteroatoms. The van der Waals surface area contributed by atoms with Gasteiger partial charge in [-0.3, -0.25) is 13.7 Å². The molecule has 0 amide bonds. The van der Waals surface area contributed by atoms with Crippen molar-refractivity contribution in [2.45, 2.75) is 42.9 Å². The Balaban J connectivity index is 0.00000481. The molecular formula is C15H22N5NaO14P2. The third kappa shape index (κ3) is 7.80. The number of aromatic nitrogens is 4. The topological polar surface area (TPSA) is 302 Å². The smallest absolute Gasteiger partial charge is 0.756 e. The molecule has 0 spiro atoms. The van der Waals surface area contributed by atoms with Gasteiger partial charge >= 0.3 is 37.4 Å². The number of nitrogens with zero attached hydrogens (tertiary/aromatic N) is 4. The molecular weight excluding hydrogens is 559 g/mol. The molecule has 37 heavy (non-hydrogen) atoms. The van der Waals surface area contributed by atoms with Crippen LogP contribution in [0.15, 0.2) is 12.7 Å². The zero-order valence-electron chi connectivity index (χ0n) is 18.9. The van der Waals surface area contributed by atoms with Crippen LogP contribution in [0.5, 0.6) is 0 Å². The van der Waals surface area contributed by atoms with Gasteiger partial charge in [0, 0.05) is 0 Å². The van der Waals surface area contributed by atoms with Crippen molar-refractivity contribution in [3.05, 3.63) is 12.7 Å². The van der Waals surface area contributed by atoms with E-state index in [2.05, 4.69) is 28.3 Å². The van der Waals surface area contributed by atoms with Crippen LogP contribution in [0, 0.1) is 0 Å². The van der Waals surface area contributed by atoms with Gasteiger partial charge < -0.3 is 55.1 Å². The van der Waals surface area contributed by atoms with Crippen molar-refractivity contribution in [2.75, 3.05) is 18.9 Å². The fourth-order valence-electron chi connectivity index (χ4n) is 3.07. The van der Waals surface area contributed by atoms with Crippen molar-refractivity contribution < 1.29 is 96.9 Å². The number of carbonyl (C=O) groups excluding carboxylic acids is 1. The Morgan fingerprint density at radius 2 is 1.86 bits per heavy atom. The molecule has 2 aromatic rings.